The first-order valence-corrected chi connectivity index (χ1v) is 7.06. The summed E-state index contributed by atoms with van der Waals surface area (Å²) in [6.45, 7) is 5.92. The van der Waals surface area contributed by atoms with Gasteiger partial charge >= 0.3 is 5.97 Å². The zero-order valence-corrected chi connectivity index (χ0v) is 12.1. The predicted octanol–water partition coefficient (Wildman–Crippen LogP) is 1.65. The zero-order chi connectivity index (χ0) is 14.3. The number of esters is 1. The van der Waals surface area contributed by atoms with Crippen molar-refractivity contribution in [2.24, 2.45) is 5.92 Å². The maximum absolute atomic E-state index is 12.0. The fourth-order valence-electron chi connectivity index (χ4n) is 2.39. The van der Waals surface area contributed by atoms with Gasteiger partial charge in [0.1, 0.15) is 12.6 Å². The molecule has 0 aromatic carbocycles. The van der Waals surface area contributed by atoms with Gasteiger partial charge in [-0.3, -0.25) is 4.79 Å². The number of rotatable bonds is 7. The summed E-state index contributed by atoms with van der Waals surface area (Å²) < 4.78 is 10.5. The van der Waals surface area contributed by atoms with Crippen LogP contribution in [0, 0.1) is 5.92 Å². The van der Waals surface area contributed by atoms with Crippen LogP contribution in [0.4, 0.5) is 0 Å². The third-order valence-electron chi connectivity index (χ3n) is 3.26. The van der Waals surface area contributed by atoms with E-state index in [9.17, 15) is 9.59 Å². The molecule has 1 fully saturated rings. The van der Waals surface area contributed by atoms with Crippen molar-refractivity contribution in [1.82, 2.24) is 5.32 Å². The highest BCUT2D eigenvalue weighted by Gasteiger charge is 2.32. The summed E-state index contributed by atoms with van der Waals surface area (Å²) in [7, 11) is 0. The molecule has 1 unspecified atom stereocenters. The molecule has 1 saturated carbocycles. The molecule has 1 amide bonds. The number of ether oxygens (including phenoxy) is 2. The molecule has 0 aromatic heterocycles. The minimum Gasteiger partial charge on any atom is -0.462 e. The molecule has 0 aromatic rings. The summed E-state index contributed by atoms with van der Waals surface area (Å²) in [5, 5.41) is 2.72. The molecule has 0 saturated heterocycles. The van der Waals surface area contributed by atoms with Crippen LogP contribution in [0.15, 0.2) is 0 Å². The molecule has 0 bridgehead atoms. The molecule has 19 heavy (non-hydrogen) atoms. The molecule has 110 valence electrons. The van der Waals surface area contributed by atoms with Gasteiger partial charge in [-0.25, -0.2) is 4.79 Å². The lowest BCUT2D eigenvalue weighted by molar-refractivity contribution is -0.151. The van der Waals surface area contributed by atoms with Crippen molar-refractivity contribution in [2.45, 2.75) is 58.6 Å². The van der Waals surface area contributed by atoms with E-state index in [1.54, 1.807) is 0 Å². The summed E-state index contributed by atoms with van der Waals surface area (Å²) in [5.74, 6) is -0.316. The second kappa shape index (κ2) is 8.15. The van der Waals surface area contributed by atoms with Gasteiger partial charge in [0.25, 0.3) is 0 Å². The molecule has 1 N–H and O–H groups in total. The average molecular weight is 271 g/mol. The topological polar surface area (TPSA) is 64.6 Å². The van der Waals surface area contributed by atoms with Crippen LogP contribution < -0.4 is 5.32 Å². The maximum atomic E-state index is 12.0. The van der Waals surface area contributed by atoms with E-state index >= 15 is 0 Å². The van der Waals surface area contributed by atoms with Crippen LogP contribution in [0.2, 0.25) is 0 Å². The van der Waals surface area contributed by atoms with Crippen LogP contribution in [0.3, 0.4) is 0 Å². The Morgan fingerprint density at radius 1 is 1.21 bits per heavy atom. The quantitative estimate of drug-likeness (QED) is 0.565. The van der Waals surface area contributed by atoms with Gasteiger partial charge in [-0.05, 0) is 32.6 Å². The Bertz CT molecular complexity index is 298. The summed E-state index contributed by atoms with van der Waals surface area (Å²) in [6.07, 6.45) is 4.31. The van der Waals surface area contributed by atoms with E-state index in [0.717, 1.165) is 25.7 Å². The predicted molar refractivity (Wildman–Crippen MR) is 71.6 cm³/mol. The maximum Gasteiger partial charge on any atom is 0.329 e. The number of hydrogen-bond donors (Lipinski definition) is 1. The van der Waals surface area contributed by atoms with E-state index in [0.29, 0.717) is 6.61 Å². The summed E-state index contributed by atoms with van der Waals surface area (Å²) in [4.78, 5) is 23.2. The average Bonchev–Trinajstić information content (AvgIpc) is 2.84. The molecule has 5 nitrogen and oxygen atoms in total. The van der Waals surface area contributed by atoms with Gasteiger partial charge < -0.3 is 14.8 Å². The first-order chi connectivity index (χ1) is 9.00. The SMILES string of the molecule is CC(=O)NC(C(=O)OCCOC(C)C)C1CCCC1. The van der Waals surface area contributed by atoms with Crippen LogP contribution in [-0.4, -0.2) is 37.2 Å². The second-order valence-electron chi connectivity index (χ2n) is 5.31. The molecule has 1 aliphatic rings. The third kappa shape index (κ3) is 6.05. The molecule has 0 spiro atoms. The lowest BCUT2D eigenvalue weighted by atomic mass is 9.98. The largest absolute Gasteiger partial charge is 0.462 e. The first kappa shape index (κ1) is 16.0. The highest BCUT2D eigenvalue weighted by Crippen LogP contribution is 2.28. The number of hydrogen-bond acceptors (Lipinski definition) is 4. The number of nitrogens with one attached hydrogen (secondary N) is 1. The van der Waals surface area contributed by atoms with Gasteiger partial charge in [-0.2, -0.15) is 0 Å². The molecule has 0 radical (unpaired) electrons. The Balaban J connectivity index is 2.40. The van der Waals surface area contributed by atoms with Crippen LogP contribution in [0.25, 0.3) is 0 Å². The fraction of sp³-hybridized carbons (Fsp3) is 0.857. The van der Waals surface area contributed by atoms with E-state index in [1.807, 2.05) is 13.8 Å². The summed E-state index contributed by atoms with van der Waals surface area (Å²) >= 11 is 0. The van der Waals surface area contributed by atoms with E-state index in [2.05, 4.69) is 5.32 Å². The molecule has 1 aliphatic carbocycles. The minimum absolute atomic E-state index is 0.125. The van der Waals surface area contributed by atoms with E-state index < -0.39 is 6.04 Å². The fourth-order valence-corrected chi connectivity index (χ4v) is 2.39. The number of carbonyl (C=O) groups is 2. The standard InChI is InChI=1S/C14H25NO4/c1-10(2)18-8-9-19-14(17)13(15-11(3)16)12-6-4-5-7-12/h10,12-13H,4-9H2,1-3H3,(H,15,16). The van der Waals surface area contributed by atoms with Crippen molar-refractivity contribution >= 4 is 11.9 Å². The molecule has 0 aliphatic heterocycles. The Hall–Kier alpha value is -1.10. The van der Waals surface area contributed by atoms with Gasteiger partial charge in [-0.15, -0.1) is 0 Å². The monoisotopic (exact) mass is 271 g/mol. The van der Waals surface area contributed by atoms with Gasteiger partial charge in [0.2, 0.25) is 5.91 Å². The third-order valence-corrected chi connectivity index (χ3v) is 3.26. The Kier molecular flexibility index (Phi) is 6.84. The Morgan fingerprint density at radius 3 is 2.37 bits per heavy atom. The summed E-state index contributed by atoms with van der Waals surface area (Å²) in [5.41, 5.74) is 0. The highest BCUT2D eigenvalue weighted by molar-refractivity contribution is 5.83. The van der Waals surface area contributed by atoms with Gasteiger partial charge in [0.05, 0.1) is 12.7 Å². The highest BCUT2D eigenvalue weighted by atomic mass is 16.6. The van der Waals surface area contributed by atoms with Crippen LogP contribution >= 0.6 is 0 Å². The van der Waals surface area contributed by atoms with E-state index in [1.165, 1.54) is 6.92 Å². The van der Waals surface area contributed by atoms with E-state index in [-0.39, 0.29) is 30.5 Å². The number of carbonyl (C=O) groups excluding carboxylic acids is 2. The van der Waals surface area contributed by atoms with Crippen molar-refractivity contribution in [3.05, 3.63) is 0 Å². The molecule has 1 rings (SSSR count). The Morgan fingerprint density at radius 2 is 1.84 bits per heavy atom. The van der Waals surface area contributed by atoms with Crippen molar-refractivity contribution in [3.63, 3.8) is 0 Å². The smallest absolute Gasteiger partial charge is 0.329 e. The summed E-state index contributed by atoms with van der Waals surface area (Å²) in [6, 6.07) is -0.501. The van der Waals surface area contributed by atoms with E-state index in [4.69, 9.17) is 9.47 Å². The van der Waals surface area contributed by atoms with Crippen LogP contribution in [0.1, 0.15) is 46.5 Å². The van der Waals surface area contributed by atoms with Crippen molar-refractivity contribution in [2.75, 3.05) is 13.2 Å². The van der Waals surface area contributed by atoms with Crippen LogP contribution in [-0.2, 0) is 19.1 Å². The van der Waals surface area contributed by atoms with Gasteiger partial charge in [0.15, 0.2) is 0 Å². The van der Waals surface area contributed by atoms with Crippen molar-refractivity contribution in [1.29, 1.82) is 0 Å². The van der Waals surface area contributed by atoms with Gasteiger partial charge in [0, 0.05) is 6.92 Å². The zero-order valence-electron chi connectivity index (χ0n) is 12.1. The van der Waals surface area contributed by atoms with Gasteiger partial charge in [-0.1, -0.05) is 12.8 Å². The molecule has 1 atom stereocenters. The molecular formula is C14H25NO4. The molecule has 0 heterocycles. The second-order valence-corrected chi connectivity index (χ2v) is 5.31. The minimum atomic E-state index is -0.501. The Labute approximate surface area is 115 Å². The first-order valence-electron chi connectivity index (χ1n) is 7.06. The van der Waals surface area contributed by atoms with Crippen LogP contribution in [0.5, 0.6) is 0 Å². The normalized spacial score (nSPS) is 17.5. The lowest BCUT2D eigenvalue weighted by Crippen LogP contribution is -2.45. The lowest BCUT2D eigenvalue weighted by Gasteiger charge is -2.22. The molecule has 5 heteroatoms. The van der Waals surface area contributed by atoms with Crippen molar-refractivity contribution in [3.8, 4) is 0 Å². The van der Waals surface area contributed by atoms with Crippen molar-refractivity contribution < 1.29 is 19.1 Å². The molecular weight excluding hydrogens is 246 g/mol. The number of amides is 1.